The average molecular weight is 632 g/mol. The maximum Gasteiger partial charge on any atom is 1.00 e. The first-order chi connectivity index (χ1) is 18.9. The van der Waals surface area contributed by atoms with Gasteiger partial charge in [0.05, 0.1) is 45.8 Å². The molecule has 6 atom stereocenters. The van der Waals surface area contributed by atoms with E-state index in [9.17, 15) is 28.8 Å². The van der Waals surface area contributed by atoms with Crippen LogP contribution in [-0.2, 0) is 37.4 Å². The van der Waals surface area contributed by atoms with Gasteiger partial charge in [-0.3, -0.25) is 13.9 Å². The molecule has 5 N–H and O–H groups in total. The van der Waals surface area contributed by atoms with E-state index in [1.165, 1.54) is 10.9 Å². The Bertz CT molecular complexity index is 1310. The minimum Gasteiger partial charge on any atom is -0.778 e. The van der Waals surface area contributed by atoms with E-state index < -0.39 is 58.2 Å². The molecule has 0 radical (unpaired) electrons. The first-order valence-corrected chi connectivity index (χ1v) is 15.1. The van der Waals surface area contributed by atoms with Crippen molar-refractivity contribution in [3.63, 3.8) is 0 Å². The van der Waals surface area contributed by atoms with Crippen LogP contribution in [0.5, 0.6) is 0 Å². The second kappa shape index (κ2) is 16.2. The number of hydrogen-bond acceptors (Lipinski definition) is 15. The van der Waals surface area contributed by atoms with E-state index in [1.54, 1.807) is 0 Å². The van der Waals surface area contributed by atoms with Gasteiger partial charge in [-0.05, 0) is 5.53 Å². The smallest absolute Gasteiger partial charge is 0.778 e. The number of carbonyl (C=O) groups excluding carboxylic acids is 1. The Morgan fingerprint density at radius 3 is 2.61 bits per heavy atom. The molecular weight excluding hydrogens is 605 g/mol. The molecule has 3 heterocycles. The summed E-state index contributed by atoms with van der Waals surface area (Å²) in [4.78, 5) is 56.7. The zero-order valence-corrected chi connectivity index (χ0v) is 25.5. The molecule has 1 fully saturated rings. The molecular formula is C18H27N8NaO12P2. The number of hydrogen-bond donors (Lipinski definition) is 4. The van der Waals surface area contributed by atoms with E-state index in [0.29, 0.717) is 0 Å². The standard InChI is InChI=1S/C18H28N8O12P2.Na/c19-16-13-17(22-8-21-16)26(9-23-13)18-15(38-12(27)1-3-34-5-6-35-4-2-24-25-20)14(28)11(37-18)7-36-40(32,33)10-39(29,30)31;/h8-9,11,14-15,18,28H,1-7,10H2,(H,32,33)(H2,19,21,22)(H2,29,30,31);/q;+1/p-1. The van der Waals surface area contributed by atoms with Gasteiger partial charge in [0.25, 0.3) is 0 Å². The molecule has 1 aliphatic heterocycles. The van der Waals surface area contributed by atoms with Gasteiger partial charge in [0.15, 0.2) is 23.8 Å². The quantitative estimate of drug-likeness (QED) is 0.0261. The molecule has 0 spiro atoms. The molecule has 0 bridgehead atoms. The summed E-state index contributed by atoms with van der Waals surface area (Å²) < 4.78 is 50.7. The molecule has 222 valence electrons. The van der Waals surface area contributed by atoms with Crippen LogP contribution in [0.1, 0.15) is 12.6 Å². The molecule has 2 aromatic heterocycles. The van der Waals surface area contributed by atoms with Crippen molar-refractivity contribution in [2.75, 3.05) is 51.2 Å². The number of aliphatic hydroxyl groups is 1. The average Bonchev–Trinajstić information content (AvgIpc) is 3.42. The van der Waals surface area contributed by atoms with Gasteiger partial charge < -0.3 is 53.6 Å². The van der Waals surface area contributed by atoms with Gasteiger partial charge in [0.1, 0.15) is 37.6 Å². The van der Waals surface area contributed by atoms with Crippen molar-refractivity contribution in [2.45, 2.75) is 31.0 Å². The van der Waals surface area contributed by atoms with Crippen molar-refractivity contribution in [2.24, 2.45) is 5.11 Å². The van der Waals surface area contributed by atoms with Gasteiger partial charge in [-0.1, -0.05) is 5.11 Å². The van der Waals surface area contributed by atoms with Gasteiger partial charge in [-0.15, -0.1) is 0 Å². The molecule has 6 unspecified atom stereocenters. The second-order valence-electron chi connectivity index (χ2n) is 8.23. The third-order valence-corrected chi connectivity index (χ3v) is 8.67. The first-order valence-electron chi connectivity index (χ1n) is 11.5. The van der Waals surface area contributed by atoms with Crippen molar-refractivity contribution in [3.8, 4) is 0 Å². The predicted molar refractivity (Wildman–Crippen MR) is 130 cm³/mol. The Hall–Kier alpha value is -1.73. The van der Waals surface area contributed by atoms with Gasteiger partial charge in [-0.25, -0.2) is 15.0 Å². The number of nitrogens with zero attached hydrogens (tertiary/aromatic N) is 7. The molecule has 1 saturated heterocycles. The molecule has 0 aromatic carbocycles. The molecule has 0 aliphatic carbocycles. The van der Waals surface area contributed by atoms with E-state index in [1.807, 2.05) is 0 Å². The fraction of sp³-hybridized carbons (Fsp3) is 0.667. The SMILES string of the molecule is [N-]=[N+]=NCCOCCOCCC(=O)OC1C(O)C(COP(=O)(O)CP(=O)([O-])O)OC1n1cnc2c(N)ncnc21.[Na+]. The van der Waals surface area contributed by atoms with Crippen molar-refractivity contribution in [1.29, 1.82) is 0 Å². The normalized spacial score (nSPS) is 23.2. The van der Waals surface area contributed by atoms with Gasteiger partial charge in [-0.2, -0.15) is 0 Å². The zero-order chi connectivity index (χ0) is 29.3. The number of ether oxygens (including phenoxy) is 4. The number of imidazole rings is 1. The molecule has 0 saturated carbocycles. The van der Waals surface area contributed by atoms with Crippen LogP contribution in [0, 0.1) is 0 Å². The van der Waals surface area contributed by atoms with Crippen LogP contribution in [0.3, 0.4) is 0 Å². The number of nitrogen functional groups attached to an aromatic ring is 1. The number of carbonyl (C=O) groups is 1. The first kappa shape index (κ1) is 35.5. The van der Waals surface area contributed by atoms with Crippen LogP contribution < -0.4 is 40.2 Å². The summed E-state index contributed by atoms with van der Waals surface area (Å²) in [5.41, 5.74) is 14.4. The number of esters is 1. The number of nitrogens with two attached hydrogens (primary N) is 1. The van der Waals surface area contributed by atoms with E-state index >= 15 is 0 Å². The summed E-state index contributed by atoms with van der Waals surface area (Å²) in [5.74, 6) is -2.30. The predicted octanol–water partition coefficient (Wildman–Crippen LogP) is -3.98. The Morgan fingerprint density at radius 2 is 1.93 bits per heavy atom. The maximum absolute atomic E-state index is 12.5. The Balaban J connectivity index is 0.00000588. The Kier molecular flexibility index (Phi) is 14.0. The molecule has 1 aliphatic rings. The fourth-order valence-corrected chi connectivity index (χ4v) is 6.07. The van der Waals surface area contributed by atoms with Crippen molar-refractivity contribution < 1.29 is 86.7 Å². The summed E-state index contributed by atoms with van der Waals surface area (Å²) >= 11 is 0. The molecule has 0 amide bonds. The third-order valence-electron chi connectivity index (χ3n) is 5.26. The third kappa shape index (κ3) is 10.8. The number of azide groups is 1. The summed E-state index contributed by atoms with van der Waals surface area (Å²) in [7, 11) is -9.97. The summed E-state index contributed by atoms with van der Waals surface area (Å²) in [5, 5.41) is 14.2. The number of aromatic nitrogens is 4. The van der Waals surface area contributed by atoms with Crippen LogP contribution in [-0.4, -0.2) is 104 Å². The van der Waals surface area contributed by atoms with Crippen LogP contribution in [0.2, 0.25) is 0 Å². The van der Waals surface area contributed by atoms with E-state index in [-0.39, 0.29) is 85.9 Å². The Morgan fingerprint density at radius 1 is 1.22 bits per heavy atom. The van der Waals surface area contributed by atoms with Gasteiger partial charge >= 0.3 is 43.1 Å². The van der Waals surface area contributed by atoms with Crippen LogP contribution >= 0.6 is 15.2 Å². The van der Waals surface area contributed by atoms with Crippen molar-refractivity contribution in [1.82, 2.24) is 19.5 Å². The van der Waals surface area contributed by atoms with Crippen LogP contribution in [0.4, 0.5) is 5.82 Å². The topological polar surface area (TPSA) is 299 Å². The number of fused-ring (bicyclic) bond motifs is 1. The second-order valence-corrected chi connectivity index (χ2v) is 12.2. The van der Waals surface area contributed by atoms with Gasteiger partial charge in [0.2, 0.25) is 0 Å². The van der Waals surface area contributed by atoms with E-state index in [2.05, 4.69) is 25.0 Å². The minimum absolute atomic E-state index is 0. The van der Waals surface area contributed by atoms with Crippen LogP contribution in [0.15, 0.2) is 17.8 Å². The summed E-state index contributed by atoms with van der Waals surface area (Å²) in [6, 6.07) is 0. The Labute approximate surface area is 254 Å². The molecule has 41 heavy (non-hydrogen) atoms. The van der Waals surface area contributed by atoms with Crippen molar-refractivity contribution in [3.05, 3.63) is 23.1 Å². The molecule has 3 rings (SSSR count). The molecule has 2 aromatic rings. The van der Waals surface area contributed by atoms with Crippen molar-refractivity contribution >= 4 is 38.1 Å². The number of anilines is 1. The van der Waals surface area contributed by atoms with E-state index in [4.69, 9.17) is 39.6 Å². The minimum atomic E-state index is -5.14. The van der Waals surface area contributed by atoms with Crippen LogP contribution in [0.25, 0.3) is 21.6 Å². The molecule has 20 nitrogen and oxygen atoms in total. The number of rotatable bonds is 16. The van der Waals surface area contributed by atoms with Gasteiger partial charge in [0, 0.05) is 11.5 Å². The zero-order valence-electron chi connectivity index (χ0n) is 21.7. The fourth-order valence-electron chi connectivity index (χ4n) is 3.56. The summed E-state index contributed by atoms with van der Waals surface area (Å²) in [6.45, 7) is -0.131. The molecule has 23 heteroatoms. The largest absolute Gasteiger partial charge is 1.00 e. The number of aliphatic hydroxyl groups excluding tert-OH is 1. The summed E-state index contributed by atoms with van der Waals surface area (Å²) in [6.07, 6.45) is -3.50. The maximum atomic E-state index is 12.5. The van der Waals surface area contributed by atoms with E-state index in [0.717, 1.165) is 6.33 Å². The monoisotopic (exact) mass is 632 g/mol.